The zero-order valence-electron chi connectivity index (χ0n) is 10.00. The standard InChI is InChI=1S/C11H17N3O.2ClH/c1-9(12)6-11(15)14(2)8-10-4-3-5-13-7-10;;/h3-5,7,9H,6,8,12H2,1-2H3;2*1H. The van der Waals surface area contributed by atoms with Crippen LogP contribution in [0, 0.1) is 0 Å². The Hall–Kier alpha value is -0.840. The highest BCUT2D eigenvalue weighted by Gasteiger charge is 2.10. The topological polar surface area (TPSA) is 59.2 Å². The Labute approximate surface area is 114 Å². The molecule has 2 N–H and O–H groups in total. The van der Waals surface area contributed by atoms with Gasteiger partial charge in [-0.1, -0.05) is 6.07 Å². The molecule has 0 aromatic carbocycles. The summed E-state index contributed by atoms with van der Waals surface area (Å²) in [7, 11) is 1.78. The molecule has 1 aromatic rings. The van der Waals surface area contributed by atoms with Crippen molar-refractivity contribution < 1.29 is 4.79 Å². The van der Waals surface area contributed by atoms with E-state index in [-0.39, 0.29) is 36.8 Å². The first kappa shape index (κ1) is 18.5. The Bertz CT molecular complexity index is 320. The summed E-state index contributed by atoms with van der Waals surface area (Å²) in [5, 5.41) is 0. The van der Waals surface area contributed by atoms with Crippen LogP contribution in [0.15, 0.2) is 24.5 Å². The van der Waals surface area contributed by atoms with Crippen LogP contribution in [0.3, 0.4) is 0 Å². The molecule has 4 nitrogen and oxygen atoms in total. The van der Waals surface area contributed by atoms with Gasteiger partial charge in [-0.3, -0.25) is 9.78 Å². The summed E-state index contributed by atoms with van der Waals surface area (Å²) in [5.74, 6) is 0.0638. The lowest BCUT2D eigenvalue weighted by Crippen LogP contribution is -2.31. The second-order valence-corrected chi connectivity index (χ2v) is 3.79. The number of halogens is 2. The Balaban J connectivity index is 0. The summed E-state index contributed by atoms with van der Waals surface area (Å²) in [6, 6.07) is 3.72. The van der Waals surface area contributed by atoms with Crippen LogP contribution >= 0.6 is 24.8 Å². The van der Waals surface area contributed by atoms with E-state index in [9.17, 15) is 4.79 Å². The van der Waals surface area contributed by atoms with Crippen molar-refractivity contribution in [1.82, 2.24) is 9.88 Å². The van der Waals surface area contributed by atoms with E-state index in [1.165, 1.54) is 0 Å². The molecule has 1 amide bonds. The zero-order chi connectivity index (χ0) is 11.3. The van der Waals surface area contributed by atoms with E-state index < -0.39 is 0 Å². The number of aromatic nitrogens is 1. The van der Waals surface area contributed by atoms with Gasteiger partial charge in [0.25, 0.3) is 0 Å². The number of rotatable bonds is 4. The van der Waals surface area contributed by atoms with E-state index in [0.717, 1.165) is 5.56 Å². The van der Waals surface area contributed by atoms with Crippen LogP contribution in [0.25, 0.3) is 0 Å². The van der Waals surface area contributed by atoms with Crippen LogP contribution < -0.4 is 5.73 Å². The highest BCUT2D eigenvalue weighted by molar-refractivity contribution is 5.85. The van der Waals surface area contributed by atoms with Crippen LogP contribution in [0.1, 0.15) is 18.9 Å². The Morgan fingerprint density at radius 3 is 2.65 bits per heavy atom. The number of nitrogens with two attached hydrogens (primary N) is 1. The van der Waals surface area contributed by atoms with Gasteiger partial charge >= 0.3 is 0 Å². The minimum absolute atomic E-state index is 0. The van der Waals surface area contributed by atoms with Gasteiger partial charge in [0.1, 0.15) is 0 Å². The van der Waals surface area contributed by atoms with Gasteiger partial charge in [0.2, 0.25) is 5.91 Å². The Morgan fingerprint density at radius 1 is 1.53 bits per heavy atom. The minimum atomic E-state index is -0.0890. The van der Waals surface area contributed by atoms with Gasteiger partial charge in [0.15, 0.2) is 0 Å². The lowest BCUT2D eigenvalue weighted by molar-refractivity contribution is -0.130. The predicted molar refractivity (Wildman–Crippen MR) is 73.5 cm³/mol. The first-order valence-electron chi connectivity index (χ1n) is 4.98. The van der Waals surface area contributed by atoms with Crippen molar-refractivity contribution in [2.45, 2.75) is 25.9 Å². The fourth-order valence-corrected chi connectivity index (χ4v) is 1.28. The molecule has 98 valence electrons. The molecule has 1 heterocycles. The molecule has 0 radical (unpaired) electrons. The molecule has 1 rings (SSSR count). The third-order valence-electron chi connectivity index (χ3n) is 2.06. The van der Waals surface area contributed by atoms with E-state index in [1.807, 2.05) is 19.1 Å². The van der Waals surface area contributed by atoms with Crippen molar-refractivity contribution in [1.29, 1.82) is 0 Å². The smallest absolute Gasteiger partial charge is 0.224 e. The molecule has 0 aliphatic heterocycles. The van der Waals surface area contributed by atoms with E-state index in [0.29, 0.717) is 13.0 Å². The molecule has 0 spiro atoms. The average molecular weight is 280 g/mol. The molecular weight excluding hydrogens is 261 g/mol. The van der Waals surface area contributed by atoms with Gasteiger partial charge in [-0.2, -0.15) is 0 Å². The fourth-order valence-electron chi connectivity index (χ4n) is 1.28. The van der Waals surface area contributed by atoms with Crippen LogP contribution in [0.5, 0.6) is 0 Å². The van der Waals surface area contributed by atoms with E-state index >= 15 is 0 Å². The second-order valence-electron chi connectivity index (χ2n) is 3.79. The predicted octanol–water partition coefficient (Wildman–Crippen LogP) is 1.62. The number of hydrogen-bond donors (Lipinski definition) is 1. The quantitative estimate of drug-likeness (QED) is 0.911. The first-order chi connectivity index (χ1) is 7.09. The van der Waals surface area contributed by atoms with E-state index in [1.54, 1.807) is 24.3 Å². The normalized spacial score (nSPS) is 10.8. The summed E-state index contributed by atoms with van der Waals surface area (Å²) in [6.45, 7) is 2.41. The minimum Gasteiger partial charge on any atom is -0.341 e. The third kappa shape index (κ3) is 7.15. The molecule has 0 aliphatic carbocycles. The van der Waals surface area contributed by atoms with Crippen molar-refractivity contribution in [3.63, 3.8) is 0 Å². The molecule has 0 aliphatic rings. The summed E-state index contributed by atoms with van der Waals surface area (Å²) in [4.78, 5) is 17.2. The van der Waals surface area contributed by atoms with Crippen LogP contribution in [0.2, 0.25) is 0 Å². The van der Waals surface area contributed by atoms with Gasteiger partial charge < -0.3 is 10.6 Å². The number of carbonyl (C=O) groups excluding carboxylic acids is 1. The fraction of sp³-hybridized carbons (Fsp3) is 0.455. The van der Waals surface area contributed by atoms with E-state index in [2.05, 4.69) is 4.98 Å². The molecule has 17 heavy (non-hydrogen) atoms. The molecule has 6 heteroatoms. The SMILES string of the molecule is CC(N)CC(=O)N(C)Cc1cccnc1.Cl.Cl. The summed E-state index contributed by atoms with van der Waals surface area (Å²) < 4.78 is 0. The molecule has 0 bridgehead atoms. The van der Waals surface area contributed by atoms with Gasteiger partial charge in [-0.15, -0.1) is 24.8 Å². The average Bonchev–Trinajstić information content (AvgIpc) is 2.18. The monoisotopic (exact) mass is 279 g/mol. The molecule has 0 saturated heterocycles. The molecule has 1 aromatic heterocycles. The molecule has 0 saturated carbocycles. The third-order valence-corrected chi connectivity index (χ3v) is 2.06. The van der Waals surface area contributed by atoms with Gasteiger partial charge in [0.05, 0.1) is 0 Å². The highest BCUT2D eigenvalue weighted by atomic mass is 35.5. The number of hydrogen-bond acceptors (Lipinski definition) is 3. The summed E-state index contributed by atoms with van der Waals surface area (Å²) in [6.07, 6.45) is 3.86. The summed E-state index contributed by atoms with van der Waals surface area (Å²) >= 11 is 0. The lowest BCUT2D eigenvalue weighted by Gasteiger charge is -2.18. The number of carbonyl (C=O) groups is 1. The Morgan fingerprint density at radius 2 is 2.18 bits per heavy atom. The van der Waals surface area contributed by atoms with Gasteiger partial charge in [-0.25, -0.2) is 0 Å². The number of pyridine rings is 1. The van der Waals surface area contributed by atoms with Crippen molar-refractivity contribution in [2.24, 2.45) is 5.73 Å². The zero-order valence-corrected chi connectivity index (χ0v) is 11.6. The lowest BCUT2D eigenvalue weighted by atomic mass is 10.2. The first-order valence-corrected chi connectivity index (χ1v) is 4.98. The van der Waals surface area contributed by atoms with Gasteiger partial charge in [-0.05, 0) is 18.6 Å². The van der Waals surface area contributed by atoms with Crippen molar-refractivity contribution >= 4 is 30.7 Å². The number of amides is 1. The summed E-state index contributed by atoms with van der Waals surface area (Å²) in [5.41, 5.74) is 6.59. The molecule has 1 atom stereocenters. The van der Waals surface area contributed by atoms with Crippen molar-refractivity contribution in [3.8, 4) is 0 Å². The van der Waals surface area contributed by atoms with Crippen molar-refractivity contribution in [3.05, 3.63) is 30.1 Å². The van der Waals surface area contributed by atoms with Gasteiger partial charge in [0, 0.05) is 38.4 Å². The maximum Gasteiger partial charge on any atom is 0.224 e. The number of nitrogens with zero attached hydrogens (tertiary/aromatic N) is 2. The second kappa shape index (κ2) is 9.22. The van der Waals surface area contributed by atoms with E-state index in [4.69, 9.17) is 5.73 Å². The van der Waals surface area contributed by atoms with Crippen molar-refractivity contribution in [2.75, 3.05) is 7.05 Å². The molecule has 1 unspecified atom stereocenters. The largest absolute Gasteiger partial charge is 0.341 e. The van der Waals surface area contributed by atoms with Crippen LogP contribution in [-0.2, 0) is 11.3 Å². The van der Waals surface area contributed by atoms with Crippen LogP contribution in [0.4, 0.5) is 0 Å². The van der Waals surface area contributed by atoms with Crippen LogP contribution in [-0.4, -0.2) is 28.9 Å². The molecular formula is C11H19Cl2N3O. The highest BCUT2D eigenvalue weighted by Crippen LogP contribution is 2.03. The molecule has 0 fully saturated rings. The maximum atomic E-state index is 11.6. The Kier molecular flexibility index (Phi) is 10.0. The maximum absolute atomic E-state index is 11.6.